The molecule has 2 aromatic carbocycles. The van der Waals surface area contributed by atoms with Crippen molar-refractivity contribution in [2.75, 3.05) is 14.2 Å². The van der Waals surface area contributed by atoms with E-state index < -0.39 is 0 Å². The second kappa shape index (κ2) is 5.94. The van der Waals surface area contributed by atoms with Crippen LogP contribution >= 0.6 is 0 Å². The summed E-state index contributed by atoms with van der Waals surface area (Å²) in [5.41, 5.74) is 3.41. The van der Waals surface area contributed by atoms with Crippen LogP contribution in [0.25, 0.3) is 10.9 Å². The number of fused-ring (bicyclic) bond motifs is 1. The highest BCUT2D eigenvalue weighted by molar-refractivity contribution is 5.82. The van der Waals surface area contributed by atoms with Gasteiger partial charge in [0.05, 0.1) is 18.7 Å². The summed E-state index contributed by atoms with van der Waals surface area (Å²) in [7, 11) is 3.66. The summed E-state index contributed by atoms with van der Waals surface area (Å²) >= 11 is 0. The maximum Gasteiger partial charge on any atom is 0.119 e. The van der Waals surface area contributed by atoms with Crippen LogP contribution in [0.2, 0.25) is 0 Å². The normalized spacial score (nSPS) is 12.3. The molecule has 106 valence electrons. The third-order valence-corrected chi connectivity index (χ3v) is 3.71. The predicted molar refractivity (Wildman–Crippen MR) is 85.6 cm³/mol. The molecule has 1 aromatic heterocycles. The first kappa shape index (κ1) is 13.6. The third kappa shape index (κ3) is 2.60. The Morgan fingerprint density at radius 1 is 1.05 bits per heavy atom. The average molecular weight is 278 g/mol. The fourth-order valence-electron chi connectivity index (χ4n) is 2.69. The molecular weight excluding hydrogens is 260 g/mol. The third-order valence-electron chi connectivity index (χ3n) is 3.71. The maximum absolute atomic E-state index is 5.33. The molecule has 1 atom stereocenters. The van der Waals surface area contributed by atoms with Gasteiger partial charge in [0.25, 0.3) is 0 Å². The lowest BCUT2D eigenvalue weighted by atomic mass is 9.96. The van der Waals surface area contributed by atoms with Crippen molar-refractivity contribution in [3.8, 4) is 5.75 Å². The number of para-hydroxylation sites is 1. The van der Waals surface area contributed by atoms with Gasteiger partial charge < -0.3 is 10.1 Å². The van der Waals surface area contributed by atoms with Crippen molar-refractivity contribution in [3.05, 3.63) is 71.9 Å². The number of benzene rings is 2. The van der Waals surface area contributed by atoms with Gasteiger partial charge in [0.1, 0.15) is 5.75 Å². The van der Waals surface area contributed by atoms with Crippen LogP contribution in [-0.2, 0) is 0 Å². The molecule has 0 spiro atoms. The van der Waals surface area contributed by atoms with Gasteiger partial charge in [0.2, 0.25) is 0 Å². The largest absolute Gasteiger partial charge is 0.497 e. The van der Waals surface area contributed by atoms with Crippen molar-refractivity contribution in [2.24, 2.45) is 0 Å². The first-order valence-corrected chi connectivity index (χ1v) is 6.98. The molecule has 0 radical (unpaired) electrons. The lowest BCUT2D eigenvalue weighted by molar-refractivity contribution is 0.414. The van der Waals surface area contributed by atoms with Gasteiger partial charge >= 0.3 is 0 Å². The van der Waals surface area contributed by atoms with Gasteiger partial charge in [-0.3, -0.25) is 4.98 Å². The number of methoxy groups -OCH3 is 1. The Morgan fingerprint density at radius 2 is 1.90 bits per heavy atom. The van der Waals surface area contributed by atoms with E-state index in [1.807, 2.05) is 43.6 Å². The minimum Gasteiger partial charge on any atom is -0.497 e. The molecule has 3 aromatic rings. The van der Waals surface area contributed by atoms with Gasteiger partial charge in [-0.15, -0.1) is 0 Å². The van der Waals surface area contributed by atoms with E-state index in [0.29, 0.717) is 0 Å². The highest BCUT2D eigenvalue weighted by Crippen LogP contribution is 2.29. The van der Waals surface area contributed by atoms with Gasteiger partial charge in [-0.25, -0.2) is 0 Å². The Balaban J connectivity index is 2.13. The van der Waals surface area contributed by atoms with Crippen molar-refractivity contribution in [1.29, 1.82) is 0 Å². The fraction of sp³-hybridized carbons (Fsp3) is 0.167. The van der Waals surface area contributed by atoms with Crippen LogP contribution in [0.4, 0.5) is 0 Å². The lowest BCUT2D eigenvalue weighted by Gasteiger charge is -2.19. The molecule has 3 nitrogen and oxygen atoms in total. The molecule has 0 saturated heterocycles. The van der Waals surface area contributed by atoms with Crippen molar-refractivity contribution < 1.29 is 4.74 Å². The van der Waals surface area contributed by atoms with Gasteiger partial charge in [0.15, 0.2) is 0 Å². The van der Waals surface area contributed by atoms with Crippen LogP contribution in [0.1, 0.15) is 17.2 Å². The zero-order chi connectivity index (χ0) is 14.7. The molecule has 3 rings (SSSR count). The zero-order valence-electron chi connectivity index (χ0n) is 12.2. The van der Waals surface area contributed by atoms with Crippen molar-refractivity contribution in [2.45, 2.75) is 6.04 Å². The minimum absolute atomic E-state index is 0.105. The van der Waals surface area contributed by atoms with E-state index in [2.05, 4.69) is 34.6 Å². The number of hydrogen-bond acceptors (Lipinski definition) is 3. The predicted octanol–water partition coefficient (Wildman–Crippen LogP) is 3.55. The quantitative estimate of drug-likeness (QED) is 0.792. The number of rotatable bonds is 4. The van der Waals surface area contributed by atoms with Crippen molar-refractivity contribution >= 4 is 10.9 Å². The highest BCUT2D eigenvalue weighted by Gasteiger charge is 2.15. The molecule has 0 aliphatic heterocycles. The molecular formula is C18H18N2O. The van der Waals surface area contributed by atoms with Crippen LogP contribution in [0.5, 0.6) is 5.75 Å². The van der Waals surface area contributed by atoms with E-state index in [1.165, 1.54) is 16.5 Å². The van der Waals surface area contributed by atoms with Crippen LogP contribution in [0.3, 0.4) is 0 Å². The van der Waals surface area contributed by atoms with Gasteiger partial charge in [-0.1, -0.05) is 30.3 Å². The number of nitrogens with one attached hydrogen (secondary N) is 1. The van der Waals surface area contributed by atoms with Crippen LogP contribution < -0.4 is 10.1 Å². The molecule has 3 heteroatoms. The van der Waals surface area contributed by atoms with Gasteiger partial charge in [-0.2, -0.15) is 0 Å². The second-order valence-electron chi connectivity index (χ2n) is 4.92. The Morgan fingerprint density at radius 3 is 2.71 bits per heavy atom. The van der Waals surface area contributed by atoms with Crippen LogP contribution in [0.15, 0.2) is 60.8 Å². The Hall–Kier alpha value is -2.39. The van der Waals surface area contributed by atoms with Crippen LogP contribution in [-0.4, -0.2) is 19.1 Å². The summed E-state index contributed by atoms with van der Waals surface area (Å²) in [5, 5.41) is 4.56. The molecule has 0 bridgehead atoms. The van der Waals surface area contributed by atoms with Gasteiger partial charge in [0, 0.05) is 11.6 Å². The van der Waals surface area contributed by atoms with E-state index in [0.717, 1.165) is 11.3 Å². The standard InChI is InChI=1S/C18H18N2O/c1-19-18(13-6-5-7-14(12-13)21-2)16-10-11-20-17-9-4-3-8-15(16)17/h3-12,18-19H,1-2H3. The summed E-state index contributed by atoms with van der Waals surface area (Å²) < 4.78 is 5.33. The summed E-state index contributed by atoms with van der Waals surface area (Å²) in [5.74, 6) is 0.867. The van der Waals surface area contributed by atoms with E-state index in [4.69, 9.17) is 4.74 Å². The van der Waals surface area contributed by atoms with Gasteiger partial charge in [-0.05, 0) is 42.4 Å². The molecule has 1 unspecified atom stereocenters. The molecule has 1 N–H and O–H groups in total. The topological polar surface area (TPSA) is 34.1 Å². The zero-order valence-corrected chi connectivity index (χ0v) is 12.2. The van der Waals surface area contributed by atoms with E-state index in [1.54, 1.807) is 7.11 Å². The summed E-state index contributed by atoms with van der Waals surface area (Å²) in [6.45, 7) is 0. The number of aromatic nitrogens is 1. The summed E-state index contributed by atoms with van der Waals surface area (Å²) in [6.07, 6.45) is 1.86. The molecule has 0 fully saturated rings. The molecule has 0 aliphatic carbocycles. The number of ether oxygens (including phenoxy) is 1. The Kier molecular flexibility index (Phi) is 3.84. The molecule has 0 amide bonds. The number of nitrogens with zero attached hydrogens (tertiary/aromatic N) is 1. The molecule has 21 heavy (non-hydrogen) atoms. The Labute approximate surface area is 124 Å². The molecule has 1 heterocycles. The maximum atomic E-state index is 5.33. The van der Waals surface area contributed by atoms with Crippen molar-refractivity contribution in [1.82, 2.24) is 10.3 Å². The second-order valence-corrected chi connectivity index (χ2v) is 4.92. The first-order valence-electron chi connectivity index (χ1n) is 6.98. The molecule has 0 saturated carbocycles. The monoisotopic (exact) mass is 278 g/mol. The van der Waals surface area contributed by atoms with E-state index in [-0.39, 0.29) is 6.04 Å². The highest BCUT2D eigenvalue weighted by atomic mass is 16.5. The van der Waals surface area contributed by atoms with Crippen LogP contribution in [0, 0.1) is 0 Å². The SMILES string of the molecule is CNC(c1cccc(OC)c1)c1ccnc2ccccc12. The average Bonchev–Trinajstić information content (AvgIpc) is 2.56. The number of pyridine rings is 1. The summed E-state index contributed by atoms with van der Waals surface area (Å²) in [4.78, 5) is 4.43. The lowest BCUT2D eigenvalue weighted by Crippen LogP contribution is -2.18. The first-order chi connectivity index (χ1) is 10.3. The van der Waals surface area contributed by atoms with Crippen molar-refractivity contribution in [3.63, 3.8) is 0 Å². The Bertz CT molecular complexity index is 750. The number of hydrogen-bond donors (Lipinski definition) is 1. The smallest absolute Gasteiger partial charge is 0.119 e. The summed E-state index contributed by atoms with van der Waals surface area (Å²) in [6, 6.07) is 18.5. The minimum atomic E-state index is 0.105. The molecule has 0 aliphatic rings. The fourth-order valence-corrected chi connectivity index (χ4v) is 2.69. The van der Waals surface area contributed by atoms with E-state index >= 15 is 0 Å². The van der Waals surface area contributed by atoms with E-state index in [9.17, 15) is 0 Å².